The second-order valence-electron chi connectivity index (χ2n) is 5.82. The summed E-state index contributed by atoms with van der Waals surface area (Å²) in [6.45, 7) is 1.45. The highest BCUT2D eigenvalue weighted by Crippen LogP contribution is 2.23. The minimum absolute atomic E-state index is 0.379. The zero-order chi connectivity index (χ0) is 19.2. The molecule has 1 N–H and O–H groups in total. The summed E-state index contributed by atoms with van der Waals surface area (Å²) in [5.41, 5.74) is 1.86. The smallest absolute Gasteiger partial charge is 0.339 e. The lowest BCUT2D eigenvalue weighted by molar-refractivity contribution is -0.119. The Balaban J connectivity index is 1.64. The second kappa shape index (κ2) is 8.39. The number of hydrogen-bond donors (Lipinski definition) is 1. The molecule has 27 heavy (non-hydrogen) atoms. The lowest BCUT2D eigenvalue weighted by Gasteiger charge is -2.10. The van der Waals surface area contributed by atoms with E-state index in [4.69, 9.17) is 10.00 Å². The molecule has 0 aliphatic heterocycles. The van der Waals surface area contributed by atoms with Gasteiger partial charge in [0.15, 0.2) is 6.61 Å². The van der Waals surface area contributed by atoms with Crippen LogP contribution in [-0.4, -0.2) is 18.5 Å². The lowest BCUT2D eigenvalue weighted by atomic mass is 10.1. The Bertz CT molecular complexity index is 1050. The van der Waals surface area contributed by atoms with Crippen molar-refractivity contribution in [1.29, 1.82) is 5.26 Å². The first-order valence-corrected chi connectivity index (χ1v) is 9.01. The molecule has 0 unspecified atom stereocenters. The molecule has 0 aliphatic rings. The van der Waals surface area contributed by atoms with Crippen molar-refractivity contribution in [3.63, 3.8) is 0 Å². The Labute approximate surface area is 160 Å². The Kier molecular flexibility index (Phi) is 5.74. The number of carbonyl (C=O) groups is 2. The van der Waals surface area contributed by atoms with Gasteiger partial charge in [-0.3, -0.25) is 4.79 Å². The summed E-state index contributed by atoms with van der Waals surface area (Å²) in [5.74, 6) is -0.966. The molecule has 0 radical (unpaired) electrons. The van der Waals surface area contributed by atoms with Gasteiger partial charge < -0.3 is 10.1 Å². The third-order valence-electron chi connectivity index (χ3n) is 3.98. The third kappa shape index (κ3) is 4.46. The highest BCUT2D eigenvalue weighted by atomic mass is 32.2. The van der Waals surface area contributed by atoms with Gasteiger partial charge in [-0.1, -0.05) is 36.4 Å². The summed E-state index contributed by atoms with van der Waals surface area (Å²) in [6, 6.07) is 18.2. The minimum Gasteiger partial charge on any atom is -0.452 e. The predicted octanol–water partition coefficient (Wildman–Crippen LogP) is 4.52. The van der Waals surface area contributed by atoms with Crippen LogP contribution in [0.5, 0.6) is 0 Å². The van der Waals surface area contributed by atoms with Gasteiger partial charge in [0.1, 0.15) is 5.40 Å². The van der Waals surface area contributed by atoms with Gasteiger partial charge in [-0.2, -0.15) is 5.26 Å². The van der Waals surface area contributed by atoms with Gasteiger partial charge in [0.2, 0.25) is 0 Å². The van der Waals surface area contributed by atoms with E-state index in [0.29, 0.717) is 11.3 Å². The monoisotopic (exact) mass is 376 g/mol. The number of ether oxygens (including phenoxy) is 1. The molecule has 1 amide bonds. The van der Waals surface area contributed by atoms with Crippen LogP contribution in [0.1, 0.15) is 15.9 Å². The van der Waals surface area contributed by atoms with E-state index in [1.165, 1.54) is 0 Å². The van der Waals surface area contributed by atoms with Crippen LogP contribution in [0.2, 0.25) is 0 Å². The molecule has 3 rings (SSSR count). The number of benzene rings is 3. The number of aryl methyl sites for hydroxylation is 1. The van der Waals surface area contributed by atoms with E-state index in [-0.39, 0.29) is 6.61 Å². The van der Waals surface area contributed by atoms with Crippen molar-refractivity contribution < 1.29 is 14.3 Å². The zero-order valence-electron chi connectivity index (χ0n) is 14.6. The molecule has 0 fully saturated rings. The van der Waals surface area contributed by atoms with Crippen molar-refractivity contribution in [1.82, 2.24) is 0 Å². The van der Waals surface area contributed by atoms with Crippen molar-refractivity contribution in [3.8, 4) is 5.40 Å². The fraction of sp³-hybridized carbons (Fsp3) is 0.0952. The summed E-state index contributed by atoms with van der Waals surface area (Å²) in [7, 11) is 0. The van der Waals surface area contributed by atoms with Gasteiger partial charge in [0, 0.05) is 10.6 Å². The number of nitriles is 1. The molecule has 0 aromatic heterocycles. The van der Waals surface area contributed by atoms with E-state index in [1.54, 1.807) is 24.3 Å². The number of hydrogen-bond acceptors (Lipinski definition) is 5. The second-order valence-corrected chi connectivity index (χ2v) is 6.68. The fourth-order valence-corrected chi connectivity index (χ4v) is 3.17. The van der Waals surface area contributed by atoms with Crippen LogP contribution in [0.15, 0.2) is 65.6 Å². The van der Waals surface area contributed by atoms with Crippen LogP contribution in [-0.2, 0) is 9.53 Å². The van der Waals surface area contributed by atoms with E-state index in [9.17, 15) is 9.59 Å². The van der Waals surface area contributed by atoms with Gasteiger partial charge in [-0.25, -0.2) is 4.79 Å². The number of nitrogens with zero attached hydrogens (tertiary/aromatic N) is 1. The Morgan fingerprint density at radius 3 is 2.67 bits per heavy atom. The summed E-state index contributed by atoms with van der Waals surface area (Å²) in [5, 5.41) is 15.1. The van der Waals surface area contributed by atoms with Crippen LogP contribution in [0, 0.1) is 17.6 Å². The van der Waals surface area contributed by atoms with Gasteiger partial charge >= 0.3 is 5.97 Å². The number of nitrogens with one attached hydrogen (secondary N) is 1. The number of amides is 1. The minimum atomic E-state index is -0.542. The molecule has 0 saturated heterocycles. The van der Waals surface area contributed by atoms with Crippen molar-refractivity contribution >= 4 is 40.1 Å². The van der Waals surface area contributed by atoms with Crippen LogP contribution >= 0.6 is 11.8 Å². The number of esters is 1. The average Bonchev–Trinajstić information content (AvgIpc) is 2.68. The quantitative estimate of drug-likeness (QED) is 0.402. The SMILES string of the molecule is Cc1cc(SC#N)ccc1NC(=O)COC(=O)c1cccc2ccccc12. The maximum absolute atomic E-state index is 12.4. The number of rotatable bonds is 5. The van der Waals surface area contributed by atoms with E-state index in [0.717, 1.165) is 33.0 Å². The Morgan fingerprint density at radius 2 is 1.89 bits per heavy atom. The zero-order valence-corrected chi connectivity index (χ0v) is 15.4. The number of anilines is 1. The van der Waals surface area contributed by atoms with Crippen LogP contribution in [0.4, 0.5) is 5.69 Å². The molecule has 0 saturated carbocycles. The maximum Gasteiger partial charge on any atom is 0.339 e. The standard InChI is InChI=1S/C21H16N2O3S/c1-14-11-16(27-13-22)9-10-19(14)23-20(24)12-26-21(25)18-8-4-6-15-5-2-3-7-17(15)18/h2-11H,12H2,1H3,(H,23,24). The summed E-state index contributed by atoms with van der Waals surface area (Å²) in [6.07, 6.45) is 0. The lowest BCUT2D eigenvalue weighted by Crippen LogP contribution is -2.21. The normalized spacial score (nSPS) is 10.2. The van der Waals surface area contributed by atoms with Gasteiger partial charge in [0.05, 0.1) is 5.56 Å². The third-order valence-corrected chi connectivity index (χ3v) is 4.56. The van der Waals surface area contributed by atoms with E-state index in [1.807, 2.05) is 48.7 Å². The number of carbonyl (C=O) groups excluding carboxylic acids is 2. The van der Waals surface area contributed by atoms with E-state index >= 15 is 0 Å². The van der Waals surface area contributed by atoms with Gasteiger partial charge in [0.25, 0.3) is 5.91 Å². The van der Waals surface area contributed by atoms with Crippen molar-refractivity contribution in [2.24, 2.45) is 0 Å². The first kappa shape index (κ1) is 18.5. The average molecular weight is 376 g/mol. The fourth-order valence-electron chi connectivity index (χ4n) is 2.69. The van der Waals surface area contributed by atoms with Crippen molar-refractivity contribution in [2.75, 3.05) is 11.9 Å². The molecule has 3 aromatic carbocycles. The topological polar surface area (TPSA) is 79.2 Å². The van der Waals surface area contributed by atoms with Crippen LogP contribution in [0.25, 0.3) is 10.8 Å². The van der Waals surface area contributed by atoms with Crippen LogP contribution in [0.3, 0.4) is 0 Å². The molecule has 134 valence electrons. The molecule has 6 heteroatoms. The van der Waals surface area contributed by atoms with Crippen molar-refractivity contribution in [2.45, 2.75) is 11.8 Å². The maximum atomic E-state index is 12.4. The predicted molar refractivity (Wildman–Crippen MR) is 106 cm³/mol. The molecule has 0 spiro atoms. The summed E-state index contributed by atoms with van der Waals surface area (Å²) in [4.78, 5) is 25.3. The highest BCUT2D eigenvalue weighted by Gasteiger charge is 2.14. The summed E-state index contributed by atoms with van der Waals surface area (Å²) < 4.78 is 5.17. The van der Waals surface area contributed by atoms with Crippen LogP contribution < -0.4 is 5.32 Å². The highest BCUT2D eigenvalue weighted by molar-refractivity contribution is 8.03. The Morgan fingerprint density at radius 1 is 1.11 bits per heavy atom. The summed E-state index contributed by atoms with van der Waals surface area (Å²) >= 11 is 1.05. The Hall–Kier alpha value is -3.30. The van der Waals surface area contributed by atoms with Crippen molar-refractivity contribution in [3.05, 3.63) is 71.8 Å². The molecule has 3 aromatic rings. The van der Waals surface area contributed by atoms with E-state index in [2.05, 4.69) is 5.32 Å². The molecular formula is C21H16N2O3S. The molecular weight excluding hydrogens is 360 g/mol. The van der Waals surface area contributed by atoms with E-state index < -0.39 is 11.9 Å². The molecule has 0 bridgehead atoms. The number of thioether (sulfide) groups is 1. The molecule has 0 heterocycles. The first-order valence-electron chi connectivity index (χ1n) is 8.20. The first-order chi connectivity index (χ1) is 13.1. The van der Waals surface area contributed by atoms with Gasteiger partial charge in [-0.15, -0.1) is 0 Å². The number of fused-ring (bicyclic) bond motifs is 1. The molecule has 5 nitrogen and oxygen atoms in total. The largest absolute Gasteiger partial charge is 0.452 e. The number of thiocyanates is 1. The molecule has 0 aliphatic carbocycles. The van der Waals surface area contributed by atoms with Gasteiger partial charge in [-0.05, 0) is 59.3 Å². The molecule has 0 atom stereocenters.